The summed E-state index contributed by atoms with van der Waals surface area (Å²) in [5, 5.41) is 0. The molecule has 1 aliphatic carbocycles. The maximum Gasteiger partial charge on any atom is 0.0328 e. The molecule has 2 N–H and O–H groups in total. The minimum absolute atomic E-state index is 0.310. The Kier molecular flexibility index (Phi) is 5.73. The van der Waals surface area contributed by atoms with Gasteiger partial charge in [-0.05, 0) is 53.5 Å². The zero-order chi connectivity index (χ0) is 12.0. The van der Waals surface area contributed by atoms with E-state index in [1.54, 1.807) is 0 Å². The van der Waals surface area contributed by atoms with Crippen LogP contribution in [0.1, 0.15) is 38.5 Å². The van der Waals surface area contributed by atoms with Crippen LogP contribution in [0.3, 0.4) is 0 Å². The summed E-state index contributed by atoms with van der Waals surface area (Å²) < 4.78 is 0. The van der Waals surface area contributed by atoms with Crippen molar-refractivity contribution in [2.45, 2.75) is 44.1 Å². The SMILES string of the molecule is CN(C)CCCN(C)C1(CN)CCCCC1. The Balaban J connectivity index is 2.39. The number of nitrogens with two attached hydrogens (primary N) is 1. The fraction of sp³-hybridized carbons (Fsp3) is 1.00. The van der Waals surface area contributed by atoms with Crippen molar-refractivity contribution in [2.24, 2.45) is 5.73 Å². The molecular weight excluding hydrogens is 198 g/mol. The second kappa shape index (κ2) is 6.58. The summed E-state index contributed by atoms with van der Waals surface area (Å²) in [7, 11) is 6.53. The third-order valence-electron chi connectivity index (χ3n) is 4.07. The van der Waals surface area contributed by atoms with Crippen LogP contribution >= 0.6 is 0 Å². The van der Waals surface area contributed by atoms with Crippen LogP contribution in [0.2, 0.25) is 0 Å². The van der Waals surface area contributed by atoms with E-state index in [1.165, 1.54) is 51.6 Å². The zero-order valence-corrected chi connectivity index (χ0v) is 11.3. The van der Waals surface area contributed by atoms with Crippen molar-refractivity contribution in [1.82, 2.24) is 9.80 Å². The summed E-state index contributed by atoms with van der Waals surface area (Å²) in [6.45, 7) is 3.17. The predicted octanol–water partition coefficient (Wildman–Crippen LogP) is 1.53. The summed E-state index contributed by atoms with van der Waals surface area (Å²) in [6.07, 6.45) is 7.94. The van der Waals surface area contributed by atoms with Gasteiger partial charge in [0.2, 0.25) is 0 Å². The van der Waals surface area contributed by atoms with Gasteiger partial charge in [-0.15, -0.1) is 0 Å². The lowest BCUT2D eigenvalue weighted by atomic mass is 9.80. The number of hydrogen-bond donors (Lipinski definition) is 1. The molecule has 0 aromatic rings. The second-order valence-corrected chi connectivity index (χ2v) is 5.57. The van der Waals surface area contributed by atoms with Crippen LogP contribution in [0.5, 0.6) is 0 Å². The van der Waals surface area contributed by atoms with Crippen molar-refractivity contribution in [1.29, 1.82) is 0 Å². The lowest BCUT2D eigenvalue weighted by Crippen LogP contribution is -2.53. The molecule has 0 amide bonds. The second-order valence-electron chi connectivity index (χ2n) is 5.57. The molecule has 0 spiro atoms. The molecule has 0 unspecified atom stereocenters. The fourth-order valence-corrected chi connectivity index (χ4v) is 2.81. The van der Waals surface area contributed by atoms with Crippen LogP contribution in [-0.2, 0) is 0 Å². The highest BCUT2D eigenvalue weighted by Gasteiger charge is 2.34. The summed E-state index contributed by atoms with van der Waals surface area (Å²) in [6, 6.07) is 0. The first-order valence-electron chi connectivity index (χ1n) is 6.67. The van der Waals surface area contributed by atoms with Gasteiger partial charge in [0.1, 0.15) is 0 Å². The normalized spacial score (nSPS) is 20.6. The Morgan fingerprint density at radius 1 is 1.00 bits per heavy atom. The van der Waals surface area contributed by atoms with Gasteiger partial charge in [-0.1, -0.05) is 19.3 Å². The smallest absolute Gasteiger partial charge is 0.0328 e. The first-order valence-corrected chi connectivity index (χ1v) is 6.67. The molecule has 0 heterocycles. The van der Waals surface area contributed by atoms with Crippen LogP contribution in [0.15, 0.2) is 0 Å². The van der Waals surface area contributed by atoms with Crippen LogP contribution in [-0.4, -0.2) is 56.1 Å². The average Bonchev–Trinajstić information content (AvgIpc) is 2.29. The van der Waals surface area contributed by atoms with E-state index in [4.69, 9.17) is 5.73 Å². The zero-order valence-electron chi connectivity index (χ0n) is 11.3. The summed E-state index contributed by atoms with van der Waals surface area (Å²) in [5.74, 6) is 0. The fourth-order valence-electron chi connectivity index (χ4n) is 2.81. The molecule has 3 heteroatoms. The van der Waals surface area contributed by atoms with E-state index < -0.39 is 0 Å². The van der Waals surface area contributed by atoms with Gasteiger partial charge >= 0.3 is 0 Å². The van der Waals surface area contributed by atoms with Crippen LogP contribution < -0.4 is 5.73 Å². The Morgan fingerprint density at radius 3 is 2.12 bits per heavy atom. The molecule has 0 aromatic heterocycles. The van der Waals surface area contributed by atoms with Crippen molar-refractivity contribution < 1.29 is 0 Å². The van der Waals surface area contributed by atoms with E-state index >= 15 is 0 Å². The number of rotatable bonds is 6. The van der Waals surface area contributed by atoms with E-state index in [2.05, 4.69) is 30.9 Å². The molecule has 1 aliphatic rings. The van der Waals surface area contributed by atoms with Crippen molar-refractivity contribution in [3.05, 3.63) is 0 Å². The highest BCUT2D eigenvalue weighted by Crippen LogP contribution is 2.31. The Labute approximate surface area is 101 Å². The molecule has 0 atom stereocenters. The predicted molar refractivity (Wildman–Crippen MR) is 70.7 cm³/mol. The van der Waals surface area contributed by atoms with Crippen molar-refractivity contribution in [2.75, 3.05) is 40.8 Å². The number of hydrogen-bond acceptors (Lipinski definition) is 3. The summed E-state index contributed by atoms with van der Waals surface area (Å²) in [4.78, 5) is 4.78. The highest BCUT2D eigenvalue weighted by molar-refractivity contribution is 4.92. The topological polar surface area (TPSA) is 32.5 Å². The molecular formula is C13H29N3. The van der Waals surface area contributed by atoms with Gasteiger partial charge < -0.3 is 10.6 Å². The molecule has 1 saturated carbocycles. The average molecular weight is 227 g/mol. The Bertz CT molecular complexity index is 186. The third-order valence-corrected chi connectivity index (χ3v) is 4.07. The van der Waals surface area contributed by atoms with Gasteiger partial charge in [0.25, 0.3) is 0 Å². The van der Waals surface area contributed by atoms with E-state index in [0.717, 1.165) is 6.54 Å². The maximum absolute atomic E-state index is 6.02. The first kappa shape index (κ1) is 13.9. The lowest BCUT2D eigenvalue weighted by molar-refractivity contribution is 0.0796. The van der Waals surface area contributed by atoms with Gasteiger partial charge in [0.05, 0.1) is 0 Å². The molecule has 0 bridgehead atoms. The Hall–Kier alpha value is -0.120. The van der Waals surface area contributed by atoms with Gasteiger partial charge in [-0.2, -0.15) is 0 Å². The Morgan fingerprint density at radius 2 is 1.62 bits per heavy atom. The largest absolute Gasteiger partial charge is 0.329 e. The van der Waals surface area contributed by atoms with Gasteiger partial charge in [-0.3, -0.25) is 4.90 Å². The van der Waals surface area contributed by atoms with Crippen LogP contribution in [0.4, 0.5) is 0 Å². The van der Waals surface area contributed by atoms with Gasteiger partial charge in [0, 0.05) is 12.1 Å². The number of nitrogens with zero attached hydrogens (tertiary/aromatic N) is 2. The maximum atomic E-state index is 6.02. The molecule has 0 aromatic carbocycles. The van der Waals surface area contributed by atoms with Gasteiger partial charge in [-0.25, -0.2) is 0 Å². The molecule has 1 fully saturated rings. The molecule has 16 heavy (non-hydrogen) atoms. The highest BCUT2D eigenvalue weighted by atomic mass is 15.2. The van der Waals surface area contributed by atoms with Crippen LogP contribution in [0.25, 0.3) is 0 Å². The molecule has 96 valence electrons. The molecule has 3 nitrogen and oxygen atoms in total. The monoisotopic (exact) mass is 227 g/mol. The van der Waals surface area contributed by atoms with E-state index in [-0.39, 0.29) is 0 Å². The third kappa shape index (κ3) is 3.72. The minimum Gasteiger partial charge on any atom is -0.329 e. The number of likely N-dealkylation sites (N-methyl/N-ethyl adjacent to an activating group) is 1. The molecule has 0 aliphatic heterocycles. The van der Waals surface area contributed by atoms with Crippen molar-refractivity contribution in [3.63, 3.8) is 0 Å². The quantitative estimate of drug-likeness (QED) is 0.747. The van der Waals surface area contributed by atoms with E-state index in [0.29, 0.717) is 5.54 Å². The van der Waals surface area contributed by atoms with Gasteiger partial charge in [0.15, 0.2) is 0 Å². The molecule has 1 rings (SSSR count). The molecule has 0 saturated heterocycles. The summed E-state index contributed by atoms with van der Waals surface area (Å²) in [5.41, 5.74) is 6.33. The minimum atomic E-state index is 0.310. The van der Waals surface area contributed by atoms with Crippen molar-refractivity contribution >= 4 is 0 Å². The standard InChI is InChI=1S/C13H29N3/c1-15(2)10-7-11-16(3)13(12-14)8-5-4-6-9-13/h4-12,14H2,1-3H3. The van der Waals surface area contributed by atoms with Crippen molar-refractivity contribution in [3.8, 4) is 0 Å². The first-order chi connectivity index (χ1) is 7.60. The van der Waals surface area contributed by atoms with E-state index in [1.807, 2.05) is 0 Å². The lowest BCUT2D eigenvalue weighted by Gasteiger charge is -2.44. The molecule has 0 radical (unpaired) electrons. The summed E-state index contributed by atoms with van der Waals surface area (Å²) >= 11 is 0. The van der Waals surface area contributed by atoms with E-state index in [9.17, 15) is 0 Å². The van der Waals surface area contributed by atoms with Crippen LogP contribution in [0, 0.1) is 0 Å².